The van der Waals surface area contributed by atoms with Crippen molar-refractivity contribution in [2.75, 3.05) is 5.73 Å². The Morgan fingerprint density at radius 2 is 2.19 bits per heavy atom. The molecule has 0 saturated heterocycles. The average Bonchev–Trinajstić information content (AvgIpc) is 2.83. The standard InChI is InChI=1S/C10H7BrN4O/c11-9-2-1-8(16-9)7-4-14-15-5-6(12)3-13-10(7)15/h1-5H,12H2. The van der Waals surface area contributed by atoms with Crippen LogP contribution in [0.1, 0.15) is 0 Å². The van der Waals surface area contributed by atoms with Crippen LogP contribution in [0.2, 0.25) is 0 Å². The third-order valence-electron chi connectivity index (χ3n) is 2.22. The molecule has 0 saturated carbocycles. The summed E-state index contributed by atoms with van der Waals surface area (Å²) in [7, 11) is 0. The molecule has 6 heteroatoms. The summed E-state index contributed by atoms with van der Waals surface area (Å²) in [5, 5.41) is 4.16. The van der Waals surface area contributed by atoms with Crippen LogP contribution in [0.3, 0.4) is 0 Å². The molecule has 0 bridgehead atoms. The molecular formula is C10H7BrN4O. The Bertz CT molecular complexity index is 658. The highest BCUT2D eigenvalue weighted by Crippen LogP contribution is 2.27. The van der Waals surface area contributed by atoms with E-state index in [9.17, 15) is 0 Å². The van der Waals surface area contributed by atoms with Gasteiger partial charge in [0.25, 0.3) is 0 Å². The van der Waals surface area contributed by atoms with Crippen molar-refractivity contribution in [3.05, 3.63) is 35.4 Å². The third kappa shape index (κ3) is 1.38. The summed E-state index contributed by atoms with van der Waals surface area (Å²) in [6.45, 7) is 0. The van der Waals surface area contributed by atoms with Crippen molar-refractivity contribution < 1.29 is 4.42 Å². The molecule has 0 radical (unpaired) electrons. The van der Waals surface area contributed by atoms with E-state index in [0.717, 1.165) is 17.0 Å². The van der Waals surface area contributed by atoms with Gasteiger partial charge in [0.1, 0.15) is 5.76 Å². The number of fused-ring (bicyclic) bond motifs is 1. The minimum atomic E-state index is 0.572. The highest BCUT2D eigenvalue weighted by Gasteiger charge is 2.11. The van der Waals surface area contributed by atoms with Crippen LogP contribution < -0.4 is 5.73 Å². The van der Waals surface area contributed by atoms with Gasteiger partial charge in [-0.1, -0.05) is 0 Å². The zero-order chi connectivity index (χ0) is 11.1. The van der Waals surface area contributed by atoms with Gasteiger partial charge in [-0.05, 0) is 28.1 Å². The summed E-state index contributed by atoms with van der Waals surface area (Å²) in [5.74, 6) is 0.721. The van der Waals surface area contributed by atoms with E-state index in [1.807, 2.05) is 12.1 Å². The van der Waals surface area contributed by atoms with Gasteiger partial charge >= 0.3 is 0 Å². The SMILES string of the molecule is Nc1cnc2c(-c3ccc(Br)o3)cnn2c1. The Balaban J connectivity index is 2.25. The predicted molar refractivity (Wildman–Crippen MR) is 62.8 cm³/mol. The van der Waals surface area contributed by atoms with Gasteiger partial charge < -0.3 is 10.2 Å². The summed E-state index contributed by atoms with van der Waals surface area (Å²) in [4.78, 5) is 4.23. The maximum atomic E-state index is 5.62. The number of halogens is 1. The van der Waals surface area contributed by atoms with Gasteiger partial charge in [0.2, 0.25) is 0 Å². The summed E-state index contributed by atoms with van der Waals surface area (Å²) in [5.41, 5.74) is 7.75. The Hall–Kier alpha value is -1.82. The first-order chi connectivity index (χ1) is 7.74. The lowest BCUT2D eigenvalue weighted by Crippen LogP contribution is -1.94. The fraction of sp³-hybridized carbons (Fsp3) is 0. The number of nitrogen functional groups attached to an aromatic ring is 1. The Morgan fingerprint density at radius 1 is 1.31 bits per heavy atom. The molecule has 2 N–H and O–H groups in total. The van der Waals surface area contributed by atoms with E-state index in [2.05, 4.69) is 26.0 Å². The second-order valence-electron chi connectivity index (χ2n) is 3.32. The average molecular weight is 279 g/mol. The normalized spacial score (nSPS) is 11.1. The summed E-state index contributed by atoms with van der Waals surface area (Å²) >= 11 is 3.26. The van der Waals surface area contributed by atoms with Crippen LogP contribution in [-0.2, 0) is 0 Å². The van der Waals surface area contributed by atoms with Gasteiger partial charge in [0.05, 0.1) is 29.8 Å². The molecule has 16 heavy (non-hydrogen) atoms. The van der Waals surface area contributed by atoms with E-state index < -0.39 is 0 Å². The molecule has 0 aliphatic carbocycles. The van der Waals surface area contributed by atoms with Crippen molar-refractivity contribution in [1.82, 2.24) is 14.6 Å². The molecule has 0 unspecified atom stereocenters. The monoisotopic (exact) mass is 278 g/mol. The molecule has 0 atom stereocenters. The number of nitrogens with zero attached hydrogens (tertiary/aromatic N) is 3. The van der Waals surface area contributed by atoms with E-state index >= 15 is 0 Å². The zero-order valence-electron chi connectivity index (χ0n) is 8.09. The van der Waals surface area contributed by atoms with Crippen molar-refractivity contribution in [1.29, 1.82) is 0 Å². The smallest absolute Gasteiger partial charge is 0.169 e. The molecule has 5 nitrogen and oxygen atoms in total. The van der Waals surface area contributed by atoms with Crippen molar-refractivity contribution >= 4 is 27.3 Å². The van der Waals surface area contributed by atoms with Gasteiger partial charge in [0.15, 0.2) is 10.3 Å². The number of anilines is 1. The lowest BCUT2D eigenvalue weighted by Gasteiger charge is -1.96. The molecule has 3 rings (SSSR count). The van der Waals surface area contributed by atoms with E-state index in [1.165, 1.54) is 0 Å². The van der Waals surface area contributed by atoms with Crippen molar-refractivity contribution in [2.45, 2.75) is 0 Å². The molecule has 0 aliphatic rings. The summed E-state index contributed by atoms with van der Waals surface area (Å²) in [6, 6.07) is 3.69. The van der Waals surface area contributed by atoms with Crippen molar-refractivity contribution in [3.8, 4) is 11.3 Å². The molecule has 0 spiro atoms. The number of rotatable bonds is 1. The quantitative estimate of drug-likeness (QED) is 0.742. The fourth-order valence-corrected chi connectivity index (χ4v) is 1.83. The van der Waals surface area contributed by atoms with Crippen LogP contribution in [0, 0.1) is 0 Å². The predicted octanol–water partition coefficient (Wildman–Crippen LogP) is 2.33. The van der Waals surface area contributed by atoms with Crippen molar-refractivity contribution in [2.24, 2.45) is 0 Å². The first-order valence-electron chi connectivity index (χ1n) is 4.58. The molecule has 80 valence electrons. The van der Waals surface area contributed by atoms with E-state index in [1.54, 1.807) is 23.1 Å². The number of furan rings is 1. The minimum Gasteiger partial charge on any atom is -0.449 e. The van der Waals surface area contributed by atoms with Crippen LogP contribution in [0.25, 0.3) is 17.0 Å². The largest absolute Gasteiger partial charge is 0.449 e. The maximum Gasteiger partial charge on any atom is 0.169 e. The Kier molecular flexibility index (Phi) is 1.97. The number of aromatic nitrogens is 3. The molecule has 0 aromatic carbocycles. The van der Waals surface area contributed by atoms with Gasteiger partial charge in [-0.3, -0.25) is 0 Å². The van der Waals surface area contributed by atoms with Crippen LogP contribution in [0.4, 0.5) is 5.69 Å². The van der Waals surface area contributed by atoms with E-state index in [0.29, 0.717) is 10.4 Å². The molecule has 0 aliphatic heterocycles. The van der Waals surface area contributed by atoms with Gasteiger partial charge in [-0.25, -0.2) is 9.50 Å². The molecule has 3 heterocycles. The minimum absolute atomic E-state index is 0.572. The third-order valence-corrected chi connectivity index (χ3v) is 2.64. The molecule has 3 aromatic rings. The second kappa shape index (κ2) is 3.34. The van der Waals surface area contributed by atoms with Crippen LogP contribution in [-0.4, -0.2) is 14.6 Å². The fourth-order valence-electron chi connectivity index (χ4n) is 1.52. The highest BCUT2D eigenvalue weighted by atomic mass is 79.9. The topological polar surface area (TPSA) is 69.3 Å². The van der Waals surface area contributed by atoms with Crippen molar-refractivity contribution in [3.63, 3.8) is 0 Å². The first-order valence-corrected chi connectivity index (χ1v) is 5.38. The molecular weight excluding hydrogens is 272 g/mol. The second-order valence-corrected chi connectivity index (χ2v) is 4.10. The van der Waals surface area contributed by atoms with Crippen LogP contribution in [0.5, 0.6) is 0 Å². The number of hydrogen-bond acceptors (Lipinski definition) is 4. The summed E-state index contributed by atoms with van der Waals surface area (Å²) in [6.07, 6.45) is 5.01. The van der Waals surface area contributed by atoms with E-state index in [-0.39, 0.29) is 0 Å². The maximum absolute atomic E-state index is 5.62. The highest BCUT2D eigenvalue weighted by molar-refractivity contribution is 9.10. The van der Waals surface area contributed by atoms with Crippen LogP contribution >= 0.6 is 15.9 Å². The Morgan fingerprint density at radius 3 is 2.94 bits per heavy atom. The van der Waals surface area contributed by atoms with Gasteiger partial charge in [-0.15, -0.1) is 0 Å². The molecule has 3 aromatic heterocycles. The van der Waals surface area contributed by atoms with E-state index in [4.69, 9.17) is 10.2 Å². The van der Waals surface area contributed by atoms with Gasteiger partial charge in [-0.2, -0.15) is 5.10 Å². The first kappa shape index (κ1) is 9.41. The number of hydrogen-bond donors (Lipinski definition) is 1. The van der Waals surface area contributed by atoms with Crippen LogP contribution in [0.15, 0.2) is 39.8 Å². The Labute approximate surface area is 99.0 Å². The lowest BCUT2D eigenvalue weighted by atomic mass is 10.2. The molecule has 0 amide bonds. The molecule has 0 fully saturated rings. The zero-order valence-corrected chi connectivity index (χ0v) is 9.68. The summed E-state index contributed by atoms with van der Waals surface area (Å²) < 4.78 is 7.76. The lowest BCUT2D eigenvalue weighted by molar-refractivity contribution is 0.556. The number of nitrogens with two attached hydrogens (primary N) is 1. The van der Waals surface area contributed by atoms with Gasteiger partial charge in [0, 0.05) is 0 Å².